The number of hydrogen-bond donors (Lipinski definition) is 2. The first-order valence-electron chi connectivity index (χ1n) is 8.25. The van der Waals surface area contributed by atoms with Crippen molar-refractivity contribution in [2.24, 2.45) is 17.6 Å². The minimum absolute atomic E-state index is 0.118. The summed E-state index contributed by atoms with van der Waals surface area (Å²) < 4.78 is 0. The highest BCUT2D eigenvalue weighted by Crippen LogP contribution is 2.36. The standard InChI is InChI=1S/C16H32N2O/c1-12(2)10-14(17)16(11-19)18-9-5-8-15(18)13-6-3-4-7-13/h12-16,19H,3-11,17H2,1-2H3. The first kappa shape index (κ1) is 15.3. The van der Waals surface area contributed by atoms with Crippen LogP contribution in [0.3, 0.4) is 0 Å². The summed E-state index contributed by atoms with van der Waals surface area (Å²) in [6, 6.07) is 0.986. The predicted octanol–water partition coefficient (Wildman–Crippen LogP) is 2.38. The molecule has 0 aromatic rings. The fourth-order valence-corrected chi connectivity index (χ4v) is 4.26. The Morgan fingerprint density at radius 1 is 1.16 bits per heavy atom. The monoisotopic (exact) mass is 268 g/mol. The molecule has 19 heavy (non-hydrogen) atoms. The first-order valence-corrected chi connectivity index (χ1v) is 8.25. The molecule has 3 N–H and O–H groups in total. The molecular weight excluding hydrogens is 236 g/mol. The molecule has 1 saturated carbocycles. The summed E-state index contributed by atoms with van der Waals surface area (Å²) in [6.45, 7) is 5.79. The van der Waals surface area contributed by atoms with Crippen LogP contribution in [-0.2, 0) is 0 Å². The van der Waals surface area contributed by atoms with Gasteiger partial charge in [0.2, 0.25) is 0 Å². The molecule has 2 fully saturated rings. The van der Waals surface area contributed by atoms with E-state index in [1.54, 1.807) is 0 Å². The molecule has 3 nitrogen and oxygen atoms in total. The molecule has 1 saturated heterocycles. The van der Waals surface area contributed by atoms with E-state index in [1.807, 2.05) is 0 Å². The van der Waals surface area contributed by atoms with E-state index < -0.39 is 0 Å². The Morgan fingerprint density at radius 2 is 1.84 bits per heavy atom. The van der Waals surface area contributed by atoms with Gasteiger partial charge in [-0.25, -0.2) is 0 Å². The van der Waals surface area contributed by atoms with Gasteiger partial charge in [-0.15, -0.1) is 0 Å². The molecule has 3 unspecified atom stereocenters. The maximum Gasteiger partial charge on any atom is 0.0602 e. The highest BCUT2D eigenvalue weighted by molar-refractivity contribution is 4.94. The van der Waals surface area contributed by atoms with E-state index in [0.717, 1.165) is 18.9 Å². The van der Waals surface area contributed by atoms with Crippen molar-refractivity contribution in [1.82, 2.24) is 4.90 Å². The fourth-order valence-electron chi connectivity index (χ4n) is 4.26. The Bertz CT molecular complexity index is 263. The number of aliphatic hydroxyl groups excluding tert-OH is 1. The lowest BCUT2D eigenvalue weighted by molar-refractivity contribution is 0.0667. The van der Waals surface area contributed by atoms with E-state index in [-0.39, 0.29) is 18.7 Å². The Hall–Kier alpha value is -0.120. The van der Waals surface area contributed by atoms with Crippen molar-refractivity contribution in [3.8, 4) is 0 Å². The molecule has 3 atom stereocenters. The van der Waals surface area contributed by atoms with E-state index >= 15 is 0 Å². The second-order valence-corrected chi connectivity index (χ2v) is 7.04. The summed E-state index contributed by atoms with van der Waals surface area (Å²) in [5.41, 5.74) is 6.37. The van der Waals surface area contributed by atoms with E-state index in [9.17, 15) is 5.11 Å². The smallest absolute Gasteiger partial charge is 0.0602 e. The van der Waals surface area contributed by atoms with Gasteiger partial charge in [0.25, 0.3) is 0 Å². The molecule has 2 aliphatic rings. The van der Waals surface area contributed by atoms with E-state index in [2.05, 4.69) is 18.7 Å². The molecule has 0 aromatic heterocycles. The number of aliphatic hydroxyl groups is 1. The van der Waals surface area contributed by atoms with Crippen LogP contribution in [0.1, 0.15) is 58.8 Å². The fraction of sp³-hybridized carbons (Fsp3) is 1.00. The second-order valence-electron chi connectivity index (χ2n) is 7.04. The van der Waals surface area contributed by atoms with Crippen LogP contribution >= 0.6 is 0 Å². The highest BCUT2D eigenvalue weighted by Gasteiger charge is 2.38. The van der Waals surface area contributed by atoms with Gasteiger partial charge in [-0.3, -0.25) is 4.90 Å². The van der Waals surface area contributed by atoms with Gasteiger partial charge in [0, 0.05) is 18.1 Å². The third-order valence-electron chi connectivity index (χ3n) is 5.14. The quantitative estimate of drug-likeness (QED) is 0.777. The Morgan fingerprint density at radius 3 is 2.42 bits per heavy atom. The molecule has 3 heteroatoms. The lowest BCUT2D eigenvalue weighted by Crippen LogP contribution is -2.53. The molecule has 1 heterocycles. The number of nitrogens with two attached hydrogens (primary N) is 1. The highest BCUT2D eigenvalue weighted by atomic mass is 16.3. The summed E-state index contributed by atoms with van der Waals surface area (Å²) in [5, 5.41) is 9.81. The molecule has 0 spiro atoms. The minimum Gasteiger partial charge on any atom is -0.395 e. The van der Waals surface area contributed by atoms with Crippen molar-refractivity contribution in [3.05, 3.63) is 0 Å². The first-order chi connectivity index (χ1) is 9.13. The van der Waals surface area contributed by atoms with Crippen molar-refractivity contribution in [2.45, 2.75) is 76.9 Å². The van der Waals surface area contributed by atoms with Gasteiger partial charge in [-0.2, -0.15) is 0 Å². The molecular formula is C16H32N2O. The zero-order valence-corrected chi connectivity index (χ0v) is 12.7. The average Bonchev–Trinajstić information content (AvgIpc) is 2.97. The van der Waals surface area contributed by atoms with Crippen LogP contribution in [0, 0.1) is 11.8 Å². The lowest BCUT2D eigenvalue weighted by atomic mass is 9.92. The molecule has 1 aliphatic carbocycles. The maximum absolute atomic E-state index is 9.81. The predicted molar refractivity (Wildman–Crippen MR) is 80.0 cm³/mol. The minimum atomic E-state index is 0.118. The normalized spacial score (nSPS) is 29.2. The molecule has 2 rings (SSSR count). The van der Waals surface area contributed by atoms with Crippen LogP contribution in [0.15, 0.2) is 0 Å². The maximum atomic E-state index is 9.81. The zero-order valence-electron chi connectivity index (χ0n) is 12.7. The van der Waals surface area contributed by atoms with Gasteiger partial charge in [0.1, 0.15) is 0 Å². The molecule has 0 aromatic carbocycles. The summed E-state index contributed by atoms with van der Waals surface area (Å²) in [6.07, 6.45) is 9.19. The van der Waals surface area contributed by atoms with Gasteiger partial charge in [0.05, 0.1) is 6.61 Å². The summed E-state index contributed by atoms with van der Waals surface area (Å²) in [7, 11) is 0. The van der Waals surface area contributed by atoms with Crippen molar-refractivity contribution in [2.75, 3.05) is 13.2 Å². The SMILES string of the molecule is CC(C)CC(N)C(CO)N1CCCC1C1CCCC1. The van der Waals surface area contributed by atoms with Crippen molar-refractivity contribution >= 4 is 0 Å². The molecule has 0 amide bonds. The lowest BCUT2D eigenvalue weighted by Gasteiger charge is -2.38. The number of hydrogen-bond acceptors (Lipinski definition) is 3. The molecule has 1 aliphatic heterocycles. The van der Waals surface area contributed by atoms with Gasteiger partial charge >= 0.3 is 0 Å². The Kier molecular flexibility index (Phi) is 5.67. The van der Waals surface area contributed by atoms with Crippen LogP contribution < -0.4 is 5.73 Å². The van der Waals surface area contributed by atoms with Crippen molar-refractivity contribution in [1.29, 1.82) is 0 Å². The number of likely N-dealkylation sites (tertiary alicyclic amines) is 1. The van der Waals surface area contributed by atoms with Gasteiger partial charge in [-0.1, -0.05) is 26.7 Å². The van der Waals surface area contributed by atoms with Crippen LogP contribution in [0.25, 0.3) is 0 Å². The Balaban J connectivity index is 1.99. The van der Waals surface area contributed by atoms with E-state index in [0.29, 0.717) is 12.0 Å². The van der Waals surface area contributed by atoms with Crippen LogP contribution in [0.2, 0.25) is 0 Å². The summed E-state index contributed by atoms with van der Waals surface area (Å²) >= 11 is 0. The van der Waals surface area contributed by atoms with Crippen LogP contribution in [0.4, 0.5) is 0 Å². The van der Waals surface area contributed by atoms with Gasteiger partial charge in [0.15, 0.2) is 0 Å². The zero-order chi connectivity index (χ0) is 13.8. The molecule has 112 valence electrons. The van der Waals surface area contributed by atoms with Crippen LogP contribution in [-0.4, -0.2) is 41.3 Å². The second kappa shape index (κ2) is 7.05. The third-order valence-corrected chi connectivity index (χ3v) is 5.14. The summed E-state index contributed by atoms with van der Waals surface area (Å²) in [5.74, 6) is 1.47. The topological polar surface area (TPSA) is 49.5 Å². The Labute approximate surface area is 118 Å². The largest absolute Gasteiger partial charge is 0.395 e. The number of rotatable bonds is 6. The summed E-state index contributed by atoms with van der Waals surface area (Å²) in [4.78, 5) is 2.56. The van der Waals surface area contributed by atoms with Crippen molar-refractivity contribution < 1.29 is 5.11 Å². The van der Waals surface area contributed by atoms with Crippen molar-refractivity contribution in [3.63, 3.8) is 0 Å². The van der Waals surface area contributed by atoms with Gasteiger partial charge in [-0.05, 0) is 50.5 Å². The van der Waals surface area contributed by atoms with E-state index in [4.69, 9.17) is 5.73 Å². The van der Waals surface area contributed by atoms with Crippen LogP contribution in [0.5, 0.6) is 0 Å². The molecule has 0 bridgehead atoms. The van der Waals surface area contributed by atoms with Gasteiger partial charge < -0.3 is 10.8 Å². The average molecular weight is 268 g/mol. The van der Waals surface area contributed by atoms with E-state index in [1.165, 1.54) is 38.5 Å². The number of nitrogens with zero attached hydrogens (tertiary/aromatic N) is 1. The molecule has 0 radical (unpaired) electrons. The third kappa shape index (κ3) is 3.71.